The van der Waals surface area contributed by atoms with Gasteiger partial charge in [-0.2, -0.15) is 0 Å². The minimum absolute atomic E-state index is 0.00447. The Kier molecular flexibility index (Phi) is 5.82. The molecule has 0 aromatic heterocycles. The second-order valence-electron chi connectivity index (χ2n) is 2.69. The van der Waals surface area contributed by atoms with Crippen molar-refractivity contribution in [3.63, 3.8) is 0 Å². The van der Waals surface area contributed by atoms with E-state index in [4.69, 9.17) is 5.73 Å². The van der Waals surface area contributed by atoms with Crippen LogP contribution in [0.3, 0.4) is 0 Å². The van der Waals surface area contributed by atoms with E-state index in [0.717, 1.165) is 0 Å². The smallest absolute Gasteiger partial charge is 0.245 e. The highest BCUT2D eigenvalue weighted by Gasteiger charge is 2.02. The van der Waals surface area contributed by atoms with E-state index in [2.05, 4.69) is 10.3 Å². The standard InChI is InChI=1S/C7H15N3O3/c1-10(2)7(12)3-4-9-13-5-6(8)11/h9H,3-5H2,1-2H3,(H2,8,11). The fraction of sp³-hybridized carbons (Fsp3) is 0.714. The minimum Gasteiger partial charge on any atom is -0.368 e. The molecule has 13 heavy (non-hydrogen) atoms. The van der Waals surface area contributed by atoms with Crippen LogP contribution in [-0.2, 0) is 14.4 Å². The third kappa shape index (κ3) is 7.23. The van der Waals surface area contributed by atoms with Gasteiger partial charge < -0.3 is 10.6 Å². The Morgan fingerprint density at radius 1 is 1.46 bits per heavy atom. The summed E-state index contributed by atoms with van der Waals surface area (Å²) in [4.78, 5) is 27.3. The normalized spacial score (nSPS) is 9.69. The Hall–Kier alpha value is -1.14. The number of rotatable bonds is 6. The number of hydrogen-bond donors (Lipinski definition) is 2. The largest absolute Gasteiger partial charge is 0.368 e. The second kappa shape index (κ2) is 6.38. The van der Waals surface area contributed by atoms with Crippen molar-refractivity contribution in [3.8, 4) is 0 Å². The maximum Gasteiger partial charge on any atom is 0.245 e. The van der Waals surface area contributed by atoms with Crippen molar-refractivity contribution in [3.05, 3.63) is 0 Å². The van der Waals surface area contributed by atoms with E-state index < -0.39 is 5.91 Å². The van der Waals surface area contributed by atoms with Crippen LogP contribution in [0.1, 0.15) is 6.42 Å². The molecular weight excluding hydrogens is 174 g/mol. The molecule has 6 nitrogen and oxygen atoms in total. The predicted molar refractivity (Wildman–Crippen MR) is 46.5 cm³/mol. The molecule has 0 aromatic rings. The van der Waals surface area contributed by atoms with Gasteiger partial charge in [-0.3, -0.25) is 14.4 Å². The molecule has 0 fully saturated rings. The molecule has 0 rings (SSSR count). The average Bonchev–Trinajstić information content (AvgIpc) is 2.02. The van der Waals surface area contributed by atoms with Crippen LogP contribution in [0.4, 0.5) is 0 Å². The van der Waals surface area contributed by atoms with Crippen molar-refractivity contribution < 1.29 is 14.4 Å². The summed E-state index contributed by atoms with van der Waals surface area (Å²) in [5.41, 5.74) is 7.26. The van der Waals surface area contributed by atoms with Crippen molar-refractivity contribution in [2.24, 2.45) is 5.73 Å². The number of nitrogens with zero attached hydrogens (tertiary/aromatic N) is 1. The summed E-state index contributed by atoms with van der Waals surface area (Å²) in [6.45, 7) is 0.181. The molecule has 0 aromatic carbocycles. The van der Waals surface area contributed by atoms with Gasteiger partial charge in [0.05, 0.1) is 0 Å². The molecule has 2 amide bonds. The SMILES string of the molecule is CN(C)C(=O)CCNOCC(N)=O. The maximum atomic E-state index is 11.0. The molecule has 0 saturated heterocycles. The van der Waals surface area contributed by atoms with Gasteiger partial charge in [0.15, 0.2) is 0 Å². The number of primary amides is 1. The van der Waals surface area contributed by atoms with Crippen LogP contribution in [0, 0.1) is 0 Å². The van der Waals surface area contributed by atoms with Gasteiger partial charge in [-0.05, 0) is 0 Å². The predicted octanol–water partition coefficient (Wildman–Crippen LogP) is -1.53. The van der Waals surface area contributed by atoms with Crippen molar-refractivity contribution in [2.45, 2.75) is 6.42 Å². The number of nitrogens with one attached hydrogen (secondary N) is 1. The Balaban J connectivity index is 3.26. The average molecular weight is 189 g/mol. The molecular formula is C7H15N3O3. The van der Waals surface area contributed by atoms with E-state index in [1.54, 1.807) is 14.1 Å². The van der Waals surface area contributed by atoms with Gasteiger partial charge in [0.1, 0.15) is 6.61 Å². The van der Waals surface area contributed by atoms with E-state index in [9.17, 15) is 9.59 Å². The highest BCUT2D eigenvalue weighted by atomic mass is 16.6. The lowest BCUT2D eigenvalue weighted by Crippen LogP contribution is -2.29. The molecule has 0 atom stereocenters. The van der Waals surface area contributed by atoms with Crippen LogP contribution in [0.2, 0.25) is 0 Å². The lowest BCUT2D eigenvalue weighted by Gasteiger charge is -2.09. The van der Waals surface area contributed by atoms with E-state index in [1.165, 1.54) is 4.90 Å². The third-order valence-electron chi connectivity index (χ3n) is 1.26. The Labute approximate surface area is 77.0 Å². The van der Waals surface area contributed by atoms with Gasteiger partial charge in [-0.15, -0.1) is 0 Å². The zero-order valence-electron chi connectivity index (χ0n) is 7.87. The molecule has 0 unspecified atom stereocenters. The molecule has 0 bridgehead atoms. The first-order chi connectivity index (χ1) is 6.04. The van der Waals surface area contributed by atoms with Gasteiger partial charge in [0.2, 0.25) is 11.8 Å². The third-order valence-corrected chi connectivity index (χ3v) is 1.26. The van der Waals surface area contributed by atoms with Gasteiger partial charge in [0.25, 0.3) is 0 Å². The number of carbonyl (C=O) groups excluding carboxylic acids is 2. The lowest BCUT2D eigenvalue weighted by molar-refractivity contribution is -0.129. The van der Waals surface area contributed by atoms with Crippen LogP contribution in [0.25, 0.3) is 0 Å². The zero-order valence-corrected chi connectivity index (χ0v) is 7.87. The molecule has 3 N–H and O–H groups in total. The monoisotopic (exact) mass is 189 g/mol. The molecule has 0 radical (unpaired) electrons. The van der Waals surface area contributed by atoms with Crippen LogP contribution in [0.5, 0.6) is 0 Å². The summed E-state index contributed by atoms with van der Waals surface area (Å²) in [6.07, 6.45) is 0.325. The van der Waals surface area contributed by atoms with Gasteiger partial charge >= 0.3 is 0 Å². The first kappa shape index (κ1) is 11.9. The molecule has 0 aliphatic heterocycles. The Morgan fingerprint density at radius 2 is 2.08 bits per heavy atom. The van der Waals surface area contributed by atoms with E-state index in [0.29, 0.717) is 13.0 Å². The summed E-state index contributed by atoms with van der Waals surface area (Å²) in [7, 11) is 3.35. The quantitative estimate of drug-likeness (QED) is 0.392. The lowest BCUT2D eigenvalue weighted by atomic mass is 10.4. The van der Waals surface area contributed by atoms with Crippen molar-refractivity contribution in [1.29, 1.82) is 0 Å². The van der Waals surface area contributed by atoms with E-state index in [1.807, 2.05) is 0 Å². The summed E-state index contributed by atoms with van der Waals surface area (Å²) >= 11 is 0. The van der Waals surface area contributed by atoms with Crippen LogP contribution in [-0.4, -0.2) is 44.0 Å². The number of hydroxylamine groups is 1. The van der Waals surface area contributed by atoms with Crippen molar-refractivity contribution >= 4 is 11.8 Å². The summed E-state index contributed by atoms with van der Waals surface area (Å²) in [5, 5.41) is 0. The maximum absolute atomic E-state index is 11.0. The first-order valence-corrected chi connectivity index (χ1v) is 3.87. The van der Waals surface area contributed by atoms with Crippen LogP contribution < -0.4 is 11.2 Å². The topological polar surface area (TPSA) is 84.7 Å². The van der Waals surface area contributed by atoms with Gasteiger partial charge in [0, 0.05) is 27.1 Å². The van der Waals surface area contributed by atoms with Crippen molar-refractivity contribution in [1.82, 2.24) is 10.4 Å². The zero-order chi connectivity index (χ0) is 10.3. The van der Waals surface area contributed by atoms with Gasteiger partial charge in [-0.25, -0.2) is 5.48 Å². The molecule has 0 spiro atoms. The second-order valence-corrected chi connectivity index (χ2v) is 2.69. The first-order valence-electron chi connectivity index (χ1n) is 3.87. The number of nitrogens with two attached hydrogens (primary N) is 1. The molecule has 0 heterocycles. The number of carbonyl (C=O) groups is 2. The molecule has 0 saturated carbocycles. The fourth-order valence-corrected chi connectivity index (χ4v) is 0.576. The van der Waals surface area contributed by atoms with E-state index in [-0.39, 0.29) is 12.5 Å². The fourth-order valence-electron chi connectivity index (χ4n) is 0.576. The number of hydrogen-bond acceptors (Lipinski definition) is 4. The molecule has 76 valence electrons. The highest BCUT2D eigenvalue weighted by molar-refractivity contribution is 5.75. The van der Waals surface area contributed by atoms with Crippen LogP contribution in [0.15, 0.2) is 0 Å². The highest BCUT2D eigenvalue weighted by Crippen LogP contribution is 1.84. The van der Waals surface area contributed by atoms with Gasteiger partial charge in [-0.1, -0.05) is 0 Å². The Morgan fingerprint density at radius 3 is 2.54 bits per heavy atom. The molecule has 6 heteroatoms. The minimum atomic E-state index is -0.550. The summed E-state index contributed by atoms with van der Waals surface area (Å²) < 4.78 is 0. The van der Waals surface area contributed by atoms with E-state index >= 15 is 0 Å². The summed E-state index contributed by atoms with van der Waals surface area (Å²) in [5.74, 6) is -0.554. The Bertz CT molecular complexity index is 182. The summed E-state index contributed by atoms with van der Waals surface area (Å²) in [6, 6.07) is 0. The number of amides is 2. The molecule has 0 aliphatic carbocycles. The molecule has 0 aliphatic rings. The van der Waals surface area contributed by atoms with Crippen molar-refractivity contribution in [2.75, 3.05) is 27.2 Å². The van der Waals surface area contributed by atoms with Crippen LogP contribution >= 0.6 is 0 Å².